The number of aryl methyl sites for hydroxylation is 1. The molecule has 0 bridgehead atoms. The third kappa shape index (κ3) is 2.38. The Kier molecular flexibility index (Phi) is 2.51. The number of hydrogen-bond acceptors (Lipinski definition) is 5. The van der Waals surface area contributed by atoms with E-state index in [0.717, 1.165) is 5.01 Å². The van der Waals surface area contributed by atoms with Crippen LogP contribution in [0, 0.1) is 6.92 Å². The number of carbonyl (C=O) groups excluding carboxylic acids is 1. The van der Waals surface area contributed by atoms with Crippen LogP contribution in [-0.2, 0) is 4.79 Å². The lowest BCUT2D eigenvalue weighted by atomic mass is 10.1. The Morgan fingerprint density at radius 2 is 2.15 bits per heavy atom. The zero-order valence-electron chi connectivity index (χ0n) is 7.79. The average Bonchev–Trinajstić information content (AvgIpc) is 2.34. The Labute approximate surface area is 80.4 Å². The van der Waals surface area contributed by atoms with Crippen molar-refractivity contribution in [2.24, 2.45) is 5.73 Å². The average molecular weight is 200 g/mol. The van der Waals surface area contributed by atoms with Gasteiger partial charge < -0.3 is 11.1 Å². The molecule has 0 unspecified atom stereocenters. The summed E-state index contributed by atoms with van der Waals surface area (Å²) in [6, 6.07) is 0. The predicted octanol–water partition coefficient (Wildman–Crippen LogP) is 0.522. The van der Waals surface area contributed by atoms with E-state index >= 15 is 0 Å². The Balaban J connectivity index is 2.74. The van der Waals surface area contributed by atoms with Gasteiger partial charge in [0, 0.05) is 0 Å². The highest BCUT2D eigenvalue weighted by molar-refractivity contribution is 7.15. The van der Waals surface area contributed by atoms with Gasteiger partial charge in [0.25, 0.3) is 0 Å². The minimum Gasteiger partial charge on any atom is -0.368 e. The van der Waals surface area contributed by atoms with Crippen LogP contribution < -0.4 is 11.1 Å². The van der Waals surface area contributed by atoms with Gasteiger partial charge in [-0.3, -0.25) is 4.79 Å². The van der Waals surface area contributed by atoms with Crippen molar-refractivity contribution in [1.29, 1.82) is 0 Å². The van der Waals surface area contributed by atoms with Crippen LogP contribution in [0.3, 0.4) is 0 Å². The van der Waals surface area contributed by atoms with Crippen molar-refractivity contribution < 1.29 is 4.79 Å². The van der Waals surface area contributed by atoms with Crippen molar-refractivity contribution in [3.05, 3.63) is 5.01 Å². The summed E-state index contributed by atoms with van der Waals surface area (Å²) in [6.45, 7) is 5.25. The van der Waals surface area contributed by atoms with Crippen molar-refractivity contribution in [2.75, 3.05) is 5.32 Å². The van der Waals surface area contributed by atoms with E-state index in [4.69, 9.17) is 5.73 Å². The number of hydrogen-bond donors (Lipinski definition) is 2. The summed E-state index contributed by atoms with van der Waals surface area (Å²) in [7, 11) is 0. The molecule has 0 aliphatic heterocycles. The number of nitrogens with zero attached hydrogens (tertiary/aromatic N) is 2. The molecule has 3 N–H and O–H groups in total. The van der Waals surface area contributed by atoms with Gasteiger partial charge in [-0.15, -0.1) is 10.2 Å². The Hall–Kier alpha value is -1.17. The Bertz CT molecular complexity index is 320. The maximum atomic E-state index is 10.9. The summed E-state index contributed by atoms with van der Waals surface area (Å²) < 4.78 is 0. The smallest absolute Gasteiger partial charge is 0.242 e. The summed E-state index contributed by atoms with van der Waals surface area (Å²) in [4.78, 5) is 10.9. The quantitative estimate of drug-likeness (QED) is 0.745. The molecule has 72 valence electrons. The molecule has 1 rings (SSSR count). The van der Waals surface area contributed by atoms with Gasteiger partial charge in [0.05, 0.1) is 0 Å². The molecule has 0 saturated heterocycles. The zero-order chi connectivity index (χ0) is 10.1. The molecule has 1 heterocycles. The van der Waals surface area contributed by atoms with Crippen molar-refractivity contribution in [2.45, 2.75) is 26.3 Å². The van der Waals surface area contributed by atoms with Crippen LogP contribution in [0.1, 0.15) is 18.9 Å². The van der Waals surface area contributed by atoms with E-state index in [1.807, 2.05) is 6.92 Å². The van der Waals surface area contributed by atoms with Crippen LogP contribution in [-0.4, -0.2) is 21.6 Å². The molecule has 5 nitrogen and oxygen atoms in total. The number of anilines is 1. The Morgan fingerprint density at radius 3 is 2.54 bits per heavy atom. The number of nitrogens with one attached hydrogen (secondary N) is 1. The zero-order valence-corrected chi connectivity index (χ0v) is 8.60. The van der Waals surface area contributed by atoms with E-state index in [9.17, 15) is 4.79 Å². The second-order valence-corrected chi connectivity index (χ2v) is 4.42. The van der Waals surface area contributed by atoms with E-state index in [2.05, 4.69) is 15.5 Å². The standard InChI is InChI=1S/C7H12N4OS/c1-4-10-11-6(13-4)9-7(2,3)5(8)12/h1-3H3,(H2,8,12)(H,9,11). The fraction of sp³-hybridized carbons (Fsp3) is 0.571. The summed E-state index contributed by atoms with van der Waals surface area (Å²) in [5.41, 5.74) is 4.39. The molecule has 0 saturated carbocycles. The molecule has 0 aliphatic carbocycles. The topological polar surface area (TPSA) is 80.9 Å². The summed E-state index contributed by atoms with van der Waals surface area (Å²) in [6.07, 6.45) is 0. The first-order valence-corrected chi connectivity index (χ1v) is 4.61. The normalized spacial score (nSPS) is 11.3. The van der Waals surface area contributed by atoms with Crippen LogP contribution in [0.25, 0.3) is 0 Å². The number of amides is 1. The van der Waals surface area contributed by atoms with Gasteiger partial charge in [-0.05, 0) is 20.8 Å². The molecule has 13 heavy (non-hydrogen) atoms. The maximum absolute atomic E-state index is 10.9. The van der Waals surface area contributed by atoms with Gasteiger partial charge in [-0.2, -0.15) is 0 Å². The first-order chi connectivity index (χ1) is 5.92. The summed E-state index contributed by atoms with van der Waals surface area (Å²) in [5.74, 6) is -0.416. The highest BCUT2D eigenvalue weighted by atomic mass is 32.1. The summed E-state index contributed by atoms with van der Waals surface area (Å²) in [5, 5.41) is 12.0. The van der Waals surface area contributed by atoms with Crippen molar-refractivity contribution in [3.8, 4) is 0 Å². The molecule has 0 aromatic carbocycles. The minimum absolute atomic E-state index is 0.416. The van der Waals surface area contributed by atoms with Gasteiger partial charge in [-0.1, -0.05) is 11.3 Å². The fourth-order valence-corrected chi connectivity index (χ4v) is 1.43. The lowest BCUT2D eigenvalue weighted by Gasteiger charge is -2.20. The highest BCUT2D eigenvalue weighted by Gasteiger charge is 2.25. The van der Waals surface area contributed by atoms with E-state index in [-0.39, 0.29) is 0 Å². The number of primary amides is 1. The van der Waals surface area contributed by atoms with Crippen molar-refractivity contribution in [1.82, 2.24) is 10.2 Å². The molecule has 1 amide bonds. The number of rotatable bonds is 3. The van der Waals surface area contributed by atoms with Crippen LogP contribution in [0.4, 0.5) is 5.13 Å². The van der Waals surface area contributed by atoms with Crippen LogP contribution in [0.2, 0.25) is 0 Å². The molecule has 0 atom stereocenters. The van der Waals surface area contributed by atoms with Gasteiger partial charge in [0.1, 0.15) is 10.5 Å². The van der Waals surface area contributed by atoms with Gasteiger partial charge in [0.2, 0.25) is 11.0 Å². The lowest BCUT2D eigenvalue weighted by molar-refractivity contribution is -0.121. The van der Waals surface area contributed by atoms with Gasteiger partial charge in [-0.25, -0.2) is 0 Å². The number of aromatic nitrogens is 2. The molecule has 1 aromatic rings. The van der Waals surface area contributed by atoms with E-state index < -0.39 is 11.4 Å². The molecule has 6 heteroatoms. The van der Waals surface area contributed by atoms with E-state index in [0.29, 0.717) is 5.13 Å². The molecular formula is C7H12N4OS. The largest absolute Gasteiger partial charge is 0.368 e. The lowest BCUT2D eigenvalue weighted by Crippen LogP contribution is -2.44. The van der Waals surface area contributed by atoms with Crippen LogP contribution in [0.5, 0.6) is 0 Å². The van der Waals surface area contributed by atoms with Crippen molar-refractivity contribution >= 4 is 22.4 Å². The molecule has 0 radical (unpaired) electrons. The third-order valence-corrected chi connectivity index (χ3v) is 2.32. The second-order valence-electron chi connectivity index (χ2n) is 3.24. The van der Waals surface area contributed by atoms with Crippen LogP contribution >= 0.6 is 11.3 Å². The maximum Gasteiger partial charge on any atom is 0.242 e. The first kappa shape index (κ1) is 9.91. The Morgan fingerprint density at radius 1 is 1.54 bits per heavy atom. The predicted molar refractivity (Wildman–Crippen MR) is 51.5 cm³/mol. The van der Waals surface area contributed by atoms with Crippen molar-refractivity contribution in [3.63, 3.8) is 0 Å². The number of nitrogens with two attached hydrogens (primary N) is 1. The molecule has 1 aromatic heterocycles. The molecule has 0 fully saturated rings. The second kappa shape index (κ2) is 3.29. The molecule has 0 aliphatic rings. The third-order valence-electron chi connectivity index (χ3n) is 1.56. The van der Waals surface area contributed by atoms with Gasteiger partial charge >= 0.3 is 0 Å². The van der Waals surface area contributed by atoms with E-state index in [1.165, 1.54) is 11.3 Å². The fourth-order valence-electron chi connectivity index (χ4n) is 0.676. The van der Waals surface area contributed by atoms with E-state index in [1.54, 1.807) is 13.8 Å². The number of carbonyl (C=O) groups is 1. The minimum atomic E-state index is -0.786. The van der Waals surface area contributed by atoms with Gasteiger partial charge in [0.15, 0.2) is 0 Å². The summed E-state index contributed by atoms with van der Waals surface area (Å²) >= 11 is 1.39. The monoisotopic (exact) mass is 200 g/mol. The highest BCUT2D eigenvalue weighted by Crippen LogP contribution is 2.18. The molecular weight excluding hydrogens is 188 g/mol. The van der Waals surface area contributed by atoms with Crippen LogP contribution in [0.15, 0.2) is 0 Å². The molecule has 0 spiro atoms. The first-order valence-electron chi connectivity index (χ1n) is 3.80. The SMILES string of the molecule is Cc1nnc(NC(C)(C)C(N)=O)s1.